The molecule has 40 heavy (non-hydrogen) atoms. The number of fused-ring (bicyclic) bond motifs is 1. The highest BCUT2D eigenvalue weighted by molar-refractivity contribution is 7.86. The zero-order valence-electron chi connectivity index (χ0n) is 22.3. The molecule has 1 aromatic heterocycles. The van der Waals surface area contributed by atoms with Gasteiger partial charge in [0.15, 0.2) is 5.69 Å². The number of hydrogen-bond acceptors (Lipinski definition) is 11. The minimum Gasteiger partial charge on any atom is -0.444 e. The van der Waals surface area contributed by atoms with Crippen molar-refractivity contribution in [2.24, 2.45) is 0 Å². The minimum absolute atomic E-state index is 0.151. The number of aromatic nitrogens is 2. The van der Waals surface area contributed by atoms with E-state index in [0.29, 0.717) is 11.8 Å². The Bertz CT molecular complexity index is 1570. The summed E-state index contributed by atoms with van der Waals surface area (Å²) in [6, 6.07) is 3.80. The monoisotopic (exact) mass is 604 g/mol. The van der Waals surface area contributed by atoms with E-state index < -0.39 is 73.3 Å². The third-order valence-corrected chi connectivity index (χ3v) is 6.31. The first-order valence-corrected chi connectivity index (χ1v) is 15.4. The number of nitrogens with one attached hydrogen (secondary N) is 1. The van der Waals surface area contributed by atoms with E-state index in [1.54, 1.807) is 20.8 Å². The lowest BCUT2D eigenvalue weighted by atomic mass is 10.1. The highest BCUT2D eigenvalue weighted by Gasteiger charge is 2.39. The second-order valence-corrected chi connectivity index (χ2v) is 13.1. The lowest BCUT2D eigenvalue weighted by molar-refractivity contribution is 0.00324. The standard InChI is InChI=1S/C23H29FN4O10S2/c1-23(2,3)37-22(31)27-10-11-28-19(16(27)13-36-39(4,32)33)26-17(18(21(28)30)38-40(5,34)35)20(29)25-12-14-6-8-15(24)9-7-14/h6-9,16H,10-13H2,1-5H3,(H,25,29). The summed E-state index contributed by atoms with van der Waals surface area (Å²) in [6.45, 7) is 3.63. The number of benzene rings is 1. The maximum atomic E-state index is 13.4. The van der Waals surface area contributed by atoms with Crippen LogP contribution in [0, 0.1) is 5.82 Å². The highest BCUT2D eigenvalue weighted by atomic mass is 32.2. The molecule has 2 amide bonds. The van der Waals surface area contributed by atoms with Gasteiger partial charge in [0.2, 0.25) is 5.75 Å². The first kappa shape index (κ1) is 31.0. The molecule has 1 unspecified atom stereocenters. The smallest absolute Gasteiger partial charge is 0.411 e. The van der Waals surface area contributed by atoms with Crippen molar-refractivity contribution >= 4 is 32.2 Å². The second kappa shape index (κ2) is 11.5. The van der Waals surface area contributed by atoms with Gasteiger partial charge in [-0.25, -0.2) is 14.2 Å². The predicted molar refractivity (Wildman–Crippen MR) is 138 cm³/mol. The summed E-state index contributed by atoms with van der Waals surface area (Å²) in [4.78, 5) is 44.8. The second-order valence-electron chi connectivity index (χ2n) is 9.88. The van der Waals surface area contributed by atoms with Gasteiger partial charge in [0.05, 0.1) is 19.1 Å². The van der Waals surface area contributed by atoms with Crippen molar-refractivity contribution in [2.75, 3.05) is 25.7 Å². The number of hydrogen-bond donors (Lipinski definition) is 1. The maximum Gasteiger partial charge on any atom is 0.411 e. The van der Waals surface area contributed by atoms with Gasteiger partial charge in [-0.3, -0.25) is 23.2 Å². The van der Waals surface area contributed by atoms with Crippen molar-refractivity contribution in [3.63, 3.8) is 0 Å². The summed E-state index contributed by atoms with van der Waals surface area (Å²) in [5.41, 5.74) is -2.25. The van der Waals surface area contributed by atoms with E-state index in [1.807, 2.05) is 0 Å². The quantitative estimate of drug-likeness (QED) is 0.423. The highest BCUT2D eigenvalue weighted by Crippen LogP contribution is 2.28. The summed E-state index contributed by atoms with van der Waals surface area (Å²) in [5, 5.41) is 2.45. The maximum absolute atomic E-state index is 13.4. The summed E-state index contributed by atoms with van der Waals surface area (Å²) < 4.78 is 76.8. The molecule has 3 rings (SSSR count). The third kappa shape index (κ3) is 8.22. The van der Waals surface area contributed by atoms with Crippen molar-refractivity contribution in [1.29, 1.82) is 0 Å². The van der Waals surface area contributed by atoms with Gasteiger partial charge < -0.3 is 14.2 Å². The molecule has 1 atom stereocenters. The Morgan fingerprint density at radius 1 is 1.07 bits per heavy atom. The topological polar surface area (TPSA) is 180 Å². The molecule has 0 fully saturated rings. The summed E-state index contributed by atoms with van der Waals surface area (Å²) in [5.74, 6) is -2.68. The van der Waals surface area contributed by atoms with Gasteiger partial charge in [-0.05, 0) is 38.5 Å². The van der Waals surface area contributed by atoms with Crippen LogP contribution in [-0.2, 0) is 42.2 Å². The number of ether oxygens (including phenoxy) is 1. The largest absolute Gasteiger partial charge is 0.444 e. The van der Waals surface area contributed by atoms with Crippen LogP contribution in [0.1, 0.15) is 48.7 Å². The Morgan fingerprint density at radius 3 is 2.25 bits per heavy atom. The van der Waals surface area contributed by atoms with Crippen LogP contribution in [0.5, 0.6) is 5.75 Å². The van der Waals surface area contributed by atoms with Gasteiger partial charge in [-0.1, -0.05) is 12.1 Å². The predicted octanol–water partition coefficient (Wildman–Crippen LogP) is 0.919. The molecule has 0 aliphatic carbocycles. The first-order valence-electron chi connectivity index (χ1n) is 11.8. The van der Waals surface area contributed by atoms with Crippen molar-refractivity contribution in [3.05, 3.63) is 57.5 Å². The van der Waals surface area contributed by atoms with Crippen molar-refractivity contribution < 1.29 is 43.9 Å². The van der Waals surface area contributed by atoms with E-state index in [9.17, 15) is 35.6 Å². The Balaban J connectivity index is 2.12. The summed E-state index contributed by atoms with van der Waals surface area (Å²) in [6.07, 6.45) is 0.587. The van der Waals surface area contributed by atoms with E-state index >= 15 is 0 Å². The summed E-state index contributed by atoms with van der Waals surface area (Å²) >= 11 is 0. The van der Waals surface area contributed by atoms with Crippen molar-refractivity contribution in [1.82, 2.24) is 19.8 Å². The number of nitrogens with zero attached hydrogens (tertiary/aromatic N) is 3. The molecule has 0 spiro atoms. The Kier molecular flexibility index (Phi) is 8.90. The SMILES string of the molecule is CC(C)(C)OC(=O)N1CCn2c(nc(C(=O)NCc3ccc(F)cc3)c(OS(C)(=O)=O)c2=O)C1COS(C)(=O)=O. The molecule has 0 bridgehead atoms. The van der Waals surface area contributed by atoms with Gasteiger partial charge in [0, 0.05) is 19.6 Å². The van der Waals surface area contributed by atoms with Crippen LogP contribution in [-0.4, -0.2) is 74.6 Å². The Morgan fingerprint density at radius 2 is 1.70 bits per heavy atom. The van der Waals surface area contributed by atoms with Crippen LogP contribution in [0.4, 0.5) is 9.18 Å². The molecule has 220 valence electrons. The fraction of sp³-hybridized carbons (Fsp3) is 0.478. The number of amides is 2. The zero-order valence-corrected chi connectivity index (χ0v) is 24.0. The number of rotatable bonds is 8. The molecule has 17 heteroatoms. The number of carbonyl (C=O) groups excluding carboxylic acids is 2. The van der Waals surface area contributed by atoms with Crippen molar-refractivity contribution in [2.45, 2.75) is 45.5 Å². The molecule has 1 N–H and O–H groups in total. The van der Waals surface area contributed by atoms with E-state index in [-0.39, 0.29) is 25.5 Å². The van der Waals surface area contributed by atoms with Gasteiger partial charge >= 0.3 is 16.2 Å². The number of carbonyl (C=O) groups is 2. The lowest BCUT2D eigenvalue weighted by Crippen LogP contribution is -2.50. The van der Waals surface area contributed by atoms with Gasteiger partial charge in [-0.2, -0.15) is 16.8 Å². The molecule has 0 radical (unpaired) electrons. The van der Waals surface area contributed by atoms with Crippen molar-refractivity contribution in [3.8, 4) is 5.75 Å². The average molecular weight is 605 g/mol. The van der Waals surface area contributed by atoms with E-state index in [4.69, 9.17) is 13.1 Å². The molecule has 2 heterocycles. The van der Waals surface area contributed by atoms with E-state index in [2.05, 4.69) is 10.3 Å². The molecule has 1 aliphatic heterocycles. The van der Waals surface area contributed by atoms with Crippen LogP contribution < -0.4 is 15.1 Å². The zero-order chi connectivity index (χ0) is 30.0. The van der Waals surface area contributed by atoms with Gasteiger partial charge in [0.25, 0.3) is 21.6 Å². The lowest BCUT2D eigenvalue weighted by Gasteiger charge is -2.37. The summed E-state index contributed by atoms with van der Waals surface area (Å²) in [7, 11) is -8.33. The molecule has 2 aromatic rings. The normalized spacial score (nSPS) is 15.8. The Hall–Kier alpha value is -3.57. The molecule has 1 aromatic carbocycles. The number of halogens is 1. The minimum atomic E-state index is -4.31. The Labute approximate surface area is 230 Å². The molecule has 0 saturated heterocycles. The van der Waals surface area contributed by atoms with Crippen LogP contribution in [0.2, 0.25) is 0 Å². The van der Waals surface area contributed by atoms with Crippen LogP contribution in [0.3, 0.4) is 0 Å². The fourth-order valence-corrected chi connectivity index (χ4v) is 4.50. The van der Waals surface area contributed by atoms with E-state index in [1.165, 1.54) is 24.3 Å². The molecule has 14 nitrogen and oxygen atoms in total. The molecular formula is C23H29FN4O10S2. The molecule has 1 aliphatic rings. The van der Waals surface area contributed by atoms with Crippen LogP contribution in [0.25, 0.3) is 0 Å². The average Bonchev–Trinajstić information content (AvgIpc) is 2.81. The molecular weight excluding hydrogens is 575 g/mol. The van der Waals surface area contributed by atoms with Gasteiger partial charge in [-0.15, -0.1) is 0 Å². The molecule has 0 saturated carbocycles. The fourth-order valence-electron chi connectivity index (χ4n) is 3.67. The van der Waals surface area contributed by atoms with E-state index in [0.717, 1.165) is 15.7 Å². The van der Waals surface area contributed by atoms with Crippen LogP contribution >= 0.6 is 0 Å². The van der Waals surface area contributed by atoms with Gasteiger partial charge in [0.1, 0.15) is 23.3 Å². The van der Waals surface area contributed by atoms with Crippen LogP contribution in [0.15, 0.2) is 29.1 Å². The third-order valence-electron chi connectivity index (χ3n) is 5.28. The first-order chi connectivity index (χ1) is 18.3.